The number of aliphatic carboxylic acids is 6. The van der Waals surface area contributed by atoms with Gasteiger partial charge in [0.2, 0.25) is 0 Å². The maximum Gasteiger partial charge on any atom is 0.414 e. The topological polar surface area (TPSA) is 224 Å². The normalized spacial score (nSPS) is 8.18. The number of carboxylic acid groups (broad SMARTS) is 6. The number of carbonyl (C=O) groups is 6. The van der Waals surface area contributed by atoms with Crippen molar-refractivity contribution in [3.8, 4) is 0 Å². The molecule has 0 radical (unpaired) electrons. The summed E-state index contributed by atoms with van der Waals surface area (Å²) in [5, 5.41) is 46.4. The van der Waals surface area contributed by atoms with E-state index in [0.717, 1.165) is 0 Å². The summed E-state index contributed by atoms with van der Waals surface area (Å²) in [6, 6.07) is 0. The average molecular weight is 326 g/mol. The van der Waals surface area contributed by atoms with E-state index in [9.17, 15) is 19.2 Å². The third-order valence-electron chi connectivity index (χ3n) is 1.29. The molecular weight excluding hydrogens is 312 g/mol. The maximum absolute atomic E-state index is 9.64. The smallest absolute Gasteiger partial charge is 0.414 e. The minimum Gasteiger partial charge on any atom is -0.481 e. The van der Waals surface area contributed by atoms with E-state index in [1.165, 1.54) is 0 Å². The molecule has 126 valence electrons. The Morgan fingerprint density at radius 3 is 0.591 bits per heavy atom. The lowest BCUT2D eigenvalue weighted by Crippen LogP contribution is -2.09. The van der Waals surface area contributed by atoms with Crippen molar-refractivity contribution in [2.24, 2.45) is 0 Å². The van der Waals surface area contributed by atoms with Gasteiger partial charge in [-0.3, -0.25) is 19.2 Å². The minimum atomic E-state index is -1.82. The van der Waals surface area contributed by atoms with Crippen LogP contribution in [0.4, 0.5) is 0 Å². The molecule has 0 fully saturated rings. The van der Waals surface area contributed by atoms with E-state index in [1.54, 1.807) is 0 Å². The van der Waals surface area contributed by atoms with Gasteiger partial charge in [0.25, 0.3) is 0 Å². The zero-order valence-electron chi connectivity index (χ0n) is 11.0. The van der Waals surface area contributed by atoms with E-state index in [4.69, 9.17) is 40.2 Å². The highest BCUT2D eigenvalue weighted by molar-refractivity contribution is 6.27. The second-order valence-corrected chi connectivity index (χ2v) is 3.19. The van der Waals surface area contributed by atoms with Gasteiger partial charge >= 0.3 is 35.8 Å². The van der Waals surface area contributed by atoms with Crippen LogP contribution in [0, 0.1) is 0 Å². The molecule has 0 aromatic carbocycles. The molecule has 0 amide bonds. The van der Waals surface area contributed by atoms with E-state index < -0.39 is 35.8 Å². The van der Waals surface area contributed by atoms with Crippen LogP contribution in [0.15, 0.2) is 0 Å². The van der Waals surface area contributed by atoms with Crippen LogP contribution in [0.3, 0.4) is 0 Å². The van der Waals surface area contributed by atoms with E-state index >= 15 is 0 Å². The Kier molecular flexibility index (Phi) is 15.4. The first-order valence-corrected chi connectivity index (χ1v) is 5.23. The van der Waals surface area contributed by atoms with Crippen LogP contribution in [0.2, 0.25) is 0 Å². The Bertz CT molecular complexity index is 356. The molecule has 0 atom stereocenters. The highest BCUT2D eigenvalue weighted by atomic mass is 16.4. The number of hydrogen-bond acceptors (Lipinski definition) is 6. The summed E-state index contributed by atoms with van der Waals surface area (Å²) in [5.74, 6) is -7.95. The number of hydrogen-bond donors (Lipinski definition) is 6. The lowest BCUT2D eigenvalue weighted by molar-refractivity contribution is -0.159. The quantitative estimate of drug-likeness (QED) is 0.324. The zero-order valence-corrected chi connectivity index (χ0v) is 11.0. The zero-order chi connectivity index (χ0) is 18.3. The first kappa shape index (κ1) is 23.9. The van der Waals surface area contributed by atoms with Crippen molar-refractivity contribution in [1.29, 1.82) is 0 Å². The van der Waals surface area contributed by atoms with Crippen LogP contribution in [0.1, 0.15) is 25.7 Å². The largest absolute Gasteiger partial charge is 0.481 e. The molecule has 0 saturated heterocycles. The van der Waals surface area contributed by atoms with Crippen LogP contribution in [0.25, 0.3) is 0 Å². The second kappa shape index (κ2) is 14.2. The Morgan fingerprint density at radius 2 is 0.545 bits per heavy atom. The van der Waals surface area contributed by atoms with Crippen LogP contribution in [-0.4, -0.2) is 66.5 Å². The maximum atomic E-state index is 9.64. The summed E-state index contributed by atoms with van der Waals surface area (Å²) in [5.41, 5.74) is 0. The van der Waals surface area contributed by atoms with Gasteiger partial charge in [0.1, 0.15) is 0 Å². The van der Waals surface area contributed by atoms with Gasteiger partial charge in [-0.05, 0) is 0 Å². The second-order valence-electron chi connectivity index (χ2n) is 3.19. The molecular formula is C10H14O12. The third-order valence-corrected chi connectivity index (χ3v) is 1.29. The fourth-order valence-corrected chi connectivity index (χ4v) is 0.428. The van der Waals surface area contributed by atoms with Crippen LogP contribution in [-0.2, 0) is 28.8 Å². The predicted molar refractivity (Wildman–Crippen MR) is 64.3 cm³/mol. The van der Waals surface area contributed by atoms with Crippen LogP contribution >= 0.6 is 0 Å². The molecule has 0 aliphatic heterocycles. The summed E-state index contributed by atoms with van der Waals surface area (Å²) in [7, 11) is 0. The van der Waals surface area contributed by atoms with Crippen molar-refractivity contribution in [1.82, 2.24) is 0 Å². The molecule has 6 N–H and O–H groups in total. The molecule has 22 heavy (non-hydrogen) atoms. The molecule has 0 aliphatic rings. The summed E-state index contributed by atoms with van der Waals surface area (Å²) < 4.78 is 0. The molecule has 0 saturated carbocycles. The Labute approximate surface area is 122 Å². The van der Waals surface area contributed by atoms with Gasteiger partial charge in [-0.15, -0.1) is 0 Å². The van der Waals surface area contributed by atoms with Gasteiger partial charge in [-0.25, -0.2) is 9.59 Å². The van der Waals surface area contributed by atoms with Crippen molar-refractivity contribution in [3.63, 3.8) is 0 Å². The van der Waals surface area contributed by atoms with Crippen molar-refractivity contribution in [3.05, 3.63) is 0 Å². The summed E-state index contributed by atoms with van der Waals surface area (Å²) in [4.78, 5) is 56.8. The van der Waals surface area contributed by atoms with E-state index in [-0.39, 0.29) is 25.7 Å². The van der Waals surface area contributed by atoms with E-state index in [1.807, 2.05) is 0 Å². The van der Waals surface area contributed by atoms with Gasteiger partial charge in [0.05, 0.1) is 25.7 Å². The van der Waals surface area contributed by atoms with Crippen molar-refractivity contribution >= 4 is 35.8 Å². The van der Waals surface area contributed by atoms with Gasteiger partial charge in [-0.2, -0.15) is 0 Å². The molecule has 0 unspecified atom stereocenters. The SMILES string of the molecule is O=C(O)C(=O)O.O=C(O)CCC(=O)O.O=C(O)CCC(=O)O. The molecule has 0 aromatic rings. The molecule has 0 rings (SSSR count). The fraction of sp³-hybridized carbons (Fsp3) is 0.400. The Hall–Kier alpha value is -3.18. The molecule has 0 spiro atoms. The van der Waals surface area contributed by atoms with Crippen molar-refractivity contribution in [2.45, 2.75) is 25.7 Å². The third kappa shape index (κ3) is 36.0. The van der Waals surface area contributed by atoms with Gasteiger partial charge in [0.15, 0.2) is 0 Å². The summed E-state index contributed by atoms with van der Waals surface area (Å²) in [6.45, 7) is 0. The van der Waals surface area contributed by atoms with Crippen molar-refractivity contribution < 1.29 is 59.4 Å². The first-order valence-electron chi connectivity index (χ1n) is 5.23. The van der Waals surface area contributed by atoms with Gasteiger partial charge in [0, 0.05) is 0 Å². The number of rotatable bonds is 6. The van der Waals surface area contributed by atoms with Gasteiger partial charge in [-0.1, -0.05) is 0 Å². The summed E-state index contributed by atoms with van der Waals surface area (Å²) in [6.07, 6.45) is -1.19. The first-order chi connectivity index (χ1) is 9.89. The van der Waals surface area contributed by atoms with E-state index in [2.05, 4.69) is 0 Å². The monoisotopic (exact) mass is 326 g/mol. The highest BCUT2D eigenvalue weighted by Gasteiger charge is 2.04. The lowest BCUT2D eigenvalue weighted by Gasteiger charge is -1.85. The molecule has 0 bridgehead atoms. The molecule has 0 aromatic heterocycles. The number of carboxylic acids is 6. The molecule has 12 nitrogen and oxygen atoms in total. The lowest BCUT2D eigenvalue weighted by atomic mass is 10.3. The Morgan fingerprint density at radius 1 is 0.409 bits per heavy atom. The van der Waals surface area contributed by atoms with Crippen LogP contribution < -0.4 is 0 Å². The van der Waals surface area contributed by atoms with Crippen molar-refractivity contribution in [2.75, 3.05) is 0 Å². The van der Waals surface area contributed by atoms with Crippen LogP contribution in [0.5, 0.6) is 0 Å². The molecule has 0 aliphatic carbocycles. The fourth-order valence-electron chi connectivity index (χ4n) is 0.428. The Balaban J connectivity index is -0.000000249. The summed E-state index contributed by atoms with van der Waals surface area (Å²) >= 11 is 0. The minimum absolute atomic E-state index is 0.296. The molecule has 0 heterocycles. The van der Waals surface area contributed by atoms with Gasteiger partial charge < -0.3 is 30.6 Å². The van der Waals surface area contributed by atoms with E-state index in [0.29, 0.717) is 0 Å². The predicted octanol–water partition coefficient (Wildman–Crippen LogP) is -0.973. The molecule has 12 heteroatoms. The average Bonchev–Trinajstić information content (AvgIpc) is 2.35. The highest BCUT2D eigenvalue weighted by Crippen LogP contribution is 1.86. The standard InChI is InChI=1S/2C4H6O4.C2H2O4/c2*5-3(6)1-2-4(7)8;3-1(4)2(5)6/h2*1-2H2,(H,5,6)(H,7,8);(H,3,4)(H,5,6).